The van der Waals surface area contributed by atoms with Gasteiger partial charge in [0.1, 0.15) is 0 Å². The highest BCUT2D eigenvalue weighted by Gasteiger charge is 2.38. The second-order valence-electron chi connectivity index (χ2n) is 5.69. The monoisotopic (exact) mass is 296 g/mol. The standard InChI is InChI=1S/C18H24N4/c1-2-19-18(20-10-13-22-11-6-7-12-22)21-17-14-16(17)15-8-4-3-5-9-15/h3-9,11-12,16-17H,2,10,13-14H2,1H3,(H2,19,20,21). The van der Waals surface area contributed by atoms with E-state index in [0.717, 1.165) is 25.6 Å². The average Bonchev–Trinajstić information content (AvgIpc) is 3.11. The number of benzene rings is 1. The van der Waals surface area contributed by atoms with Gasteiger partial charge in [0.05, 0.1) is 6.54 Å². The van der Waals surface area contributed by atoms with Gasteiger partial charge in [0.15, 0.2) is 5.96 Å². The summed E-state index contributed by atoms with van der Waals surface area (Å²) < 4.78 is 2.15. The van der Waals surface area contributed by atoms with Gasteiger partial charge in [-0.05, 0) is 31.0 Å². The smallest absolute Gasteiger partial charge is 0.191 e. The molecule has 3 rings (SSSR count). The molecule has 0 aliphatic heterocycles. The molecule has 0 saturated heterocycles. The van der Waals surface area contributed by atoms with Crippen molar-refractivity contribution < 1.29 is 0 Å². The largest absolute Gasteiger partial charge is 0.357 e. The van der Waals surface area contributed by atoms with E-state index < -0.39 is 0 Å². The van der Waals surface area contributed by atoms with E-state index in [0.29, 0.717) is 12.0 Å². The van der Waals surface area contributed by atoms with Crippen LogP contribution in [0.3, 0.4) is 0 Å². The highest BCUT2D eigenvalue weighted by Crippen LogP contribution is 2.40. The van der Waals surface area contributed by atoms with Crippen molar-refractivity contribution in [1.82, 2.24) is 15.2 Å². The first-order chi connectivity index (χ1) is 10.9. The van der Waals surface area contributed by atoms with Crippen LogP contribution in [0, 0.1) is 0 Å². The molecule has 1 fully saturated rings. The van der Waals surface area contributed by atoms with Gasteiger partial charge in [0.2, 0.25) is 0 Å². The van der Waals surface area contributed by atoms with Crippen molar-refractivity contribution in [3.63, 3.8) is 0 Å². The van der Waals surface area contributed by atoms with E-state index in [2.05, 4.69) is 69.8 Å². The minimum atomic E-state index is 0.506. The lowest BCUT2D eigenvalue weighted by Crippen LogP contribution is -2.39. The zero-order valence-electron chi connectivity index (χ0n) is 13.1. The fraction of sp³-hybridized carbons (Fsp3) is 0.389. The molecule has 1 aliphatic rings. The molecule has 1 aromatic carbocycles. The Morgan fingerprint density at radius 1 is 1.18 bits per heavy atom. The van der Waals surface area contributed by atoms with Crippen LogP contribution in [0.4, 0.5) is 0 Å². The molecule has 1 heterocycles. The third-order valence-electron chi connectivity index (χ3n) is 3.98. The Labute approximate surface area is 132 Å². The molecule has 2 aromatic rings. The van der Waals surface area contributed by atoms with Crippen molar-refractivity contribution in [2.24, 2.45) is 4.99 Å². The SMILES string of the molecule is CCNC(=NCCn1cccc1)NC1CC1c1ccccc1. The summed E-state index contributed by atoms with van der Waals surface area (Å²) in [5.41, 5.74) is 1.42. The number of guanidine groups is 1. The zero-order chi connectivity index (χ0) is 15.2. The Balaban J connectivity index is 1.51. The van der Waals surface area contributed by atoms with Crippen molar-refractivity contribution in [3.8, 4) is 0 Å². The van der Waals surface area contributed by atoms with Gasteiger partial charge in [-0.1, -0.05) is 30.3 Å². The normalized spacial score (nSPS) is 20.7. The van der Waals surface area contributed by atoms with E-state index in [9.17, 15) is 0 Å². The lowest BCUT2D eigenvalue weighted by atomic mass is 10.1. The molecule has 4 nitrogen and oxygen atoms in total. The van der Waals surface area contributed by atoms with E-state index in [1.165, 1.54) is 12.0 Å². The van der Waals surface area contributed by atoms with Gasteiger partial charge >= 0.3 is 0 Å². The maximum absolute atomic E-state index is 4.67. The molecule has 1 aliphatic carbocycles. The number of rotatable bonds is 6. The van der Waals surface area contributed by atoms with Crippen LogP contribution in [0.2, 0.25) is 0 Å². The molecular formula is C18H24N4. The predicted molar refractivity (Wildman–Crippen MR) is 91.1 cm³/mol. The minimum absolute atomic E-state index is 0.506. The lowest BCUT2D eigenvalue weighted by molar-refractivity contribution is 0.702. The molecular weight excluding hydrogens is 272 g/mol. The maximum atomic E-state index is 4.67. The van der Waals surface area contributed by atoms with Crippen LogP contribution in [-0.4, -0.2) is 29.7 Å². The van der Waals surface area contributed by atoms with E-state index in [1.54, 1.807) is 0 Å². The molecule has 22 heavy (non-hydrogen) atoms. The molecule has 1 saturated carbocycles. The van der Waals surface area contributed by atoms with E-state index in [1.807, 2.05) is 12.1 Å². The summed E-state index contributed by atoms with van der Waals surface area (Å²) in [6.45, 7) is 4.69. The number of aromatic nitrogens is 1. The Kier molecular flexibility index (Phi) is 4.78. The first kappa shape index (κ1) is 14.7. The van der Waals surface area contributed by atoms with Crippen molar-refractivity contribution in [3.05, 3.63) is 60.4 Å². The number of hydrogen-bond donors (Lipinski definition) is 2. The first-order valence-electron chi connectivity index (χ1n) is 8.07. The van der Waals surface area contributed by atoms with Gasteiger partial charge in [-0.25, -0.2) is 0 Å². The number of nitrogens with zero attached hydrogens (tertiary/aromatic N) is 2. The minimum Gasteiger partial charge on any atom is -0.357 e. The van der Waals surface area contributed by atoms with E-state index >= 15 is 0 Å². The lowest BCUT2D eigenvalue weighted by Gasteiger charge is -2.11. The molecule has 2 atom stereocenters. The average molecular weight is 296 g/mol. The molecule has 116 valence electrons. The third kappa shape index (κ3) is 3.91. The van der Waals surface area contributed by atoms with Crippen LogP contribution < -0.4 is 10.6 Å². The summed E-state index contributed by atoms with van der Waals surface area (Å²) >= 11 is 0. The summed E-state index contributed by atoms with van der Waals surface area (Å²) in [6, 6.07) is 15.3. The fourth-order valence-electron chi connectivity index (χ4n) is 2.72. The Morgan fingerprint density at radius 3 is 2.68 bits per heavy atom. The molecule has 4 heteroatoms. The predicted octanol–water partition coefficient (Wildman–Crippen LogP) is 2.60. The molecule has 0 spiro atoms. The summed E-state index contributed by atoms with van der Waals surface area (Å²) in [5, 5.41) is 6.89. The second-order valence-corrected chi connectivity index (χ2v) is 5.69. The Hall–Kier alpha value is -2.23. The van der Waals surface area contributed by atoms with Crippen LogP contribution in [-0.2, 0) is 6.54 Å². The molecule has 0 radical (unpaired) electrons. The summed E-state index contributed by atoms with van der Waals surface area (Å²) in [5.74, 6) is 1.55. The van der Waals surface area contributed by atoms with Gasteiger partial charge in [0, 0.05) is 37.4 Å². The zero-order valence-corrected chi connectivity index (χ0v) is 13.1. The quantitative estimate of drug-likeness (QED) is 0.635. The second kappa shape index (κ2) is 7.16. The molecule has 1 aromatic heterocycles. The first-order valence-corrected chi connectivity index (χ1v) is 8.07. The molecule has 2 N–H and O–H groups in total. The van der Waals surface area contributed by atoms with E-state index in [-0.39, 0.29) is 0 Å². The van der Waals surface area contributed by atoms with Gasteiger partial charge in [0.25, 0.3) is 0 Å². The summed E-state index contributed by atoms with van der Waals surface area (Å²) in [6.07, 6.45) is 5.33. The molecule has 2 unspecified atom stereocenters. The Bertz CT molecular complexity index is 589. The fourth-order valence-corrected chi connectivity index (χ4v) is 2.72. The van der Waals surface area contributed by atoms with Crippen LogP contribution >= 0.6 is 0 Å². The van der Waals surface area contributed by atoms with Crippen molar-refractivity contribution in [2.75, 3.05) is 13.1 Å². The number of hydrogen-bond acceptors (Lipinski definition) is 1. The highest BCUT2D eigenvalue weighted by atomic mass is 15.2. The van der Waals surface area contributed by atoms with Crippen LogP contribution in [0.25, 0.3) is 0 Å². The van der Waals surface area contributed by atoms with Crippen LogP contribution in [0.15, 0.2) is 59.9 Å². The van der Waals surface area contributed by atoms with Gasteiger partial charge < -0.3 is 15.2 Å². The summed E-state index contributed by atoms with van der Waals surface area (Å²) in [7, 11) is 0. The number of nitrogens with one attached hydrogen (secondary N) is 2. The van der Waals surface area contributed by atoms with Gasteiger partial charge in [-0.2, -0.15) is 0 Å². The van der Waals surface area contributed by atoms with Crippen molar-refractivity contribution >= 4 is 5.96 Å². The number of aliphatic imine (C=N–C) groups is 1. The topological polar surface area (TPSA) is 41.4 Å². The van der Waals surface area contributed by atoms with Crippen LogP contribution in [0.1, 0.15) is 24.8 Å². The molecule has 0 bridgehead atoms. The molecule has 0 amide bonds. The third-order valence-corrected chi connectivity index (χ3v) is 3.98. The highest BCUT2D eigenvalue weighted by molar-refractivity contribution is 5.80. The summed E-state index contributed by atoms with van der Waals surface area (Å²) in [4.78, 5) is 4.67. The maximum Gasteiger partial charge on any atom is 0.191 e. The van der Waals surface area contributed by atoms with Crippen LogP contribution in [0.5, 0.6) is 0 Å². The van der Waals surface area contributed by atoms with E-state index in [4.69, 9.17) is 0 Å². The van der Waals surface area contributed by atoms with Crippen molar-refractivity contribution in [1.29, 1.82) is 0 Å². The Morgan fingerprint density at radius 2 is 1.95 bits per heavy atom. The van der Waals surface area contributed by atoms with Gasteiger partial charge in [-0.3, -0.25) is 4.99 Å². The van der Waals surface area contributed by atoms with Gasteiger partial charge in [-0.15, -0.1) is 0 Å². The van der Waals surface area contributed by atoms with Crippen molar-refractivity contribution in [2.45, 2.75) is 31.8 Å².